The van der Waals surface area contributed by atoms with E-state index in [-0.39, 0.29) is 23.4 Å². The summed E-state index contributed by atoms with van der Waals surface area (Å²) in [5, 5.41) is 39.4. The fraction of sp³-hybridized carbons (Fsp3) is 0.861. The molecule has 4 aliphatic rings. The van der Waals surface area contributed by atoms with Crippen LogP contribution in [-0.4, -0.2) is 71.0 Å². The average molecular weight is 623 g/mol. The highest BCUT2D eigenvalue weighted by atomic mass is 16.7. The summed E-state index contributed by atoms with van der Waals surface area (Å²) < 4.78 is 16.5. The van der Waals surface area contributed by atoms with Crippen LogP contribution in [0.3, 0.4) is 0 Å². The molecule has 0 heterocycles. The zero-order chi connectivity index (χ0) is 32.8. The molecule has 0 aromatic carbocycles. The van der Waals surface area contributed by atoms with Crippen LogP contribution in [-0.2, 0) is 19.0 Å². The first-order valence-electron chi connectivity index (χ1n) is 17.3. The first-order valence-corrected chi connectivity index (χ1v) is 17.3. The van der Waals surface area contributed by atoms with Gasteiger partial charge >= 0.3 is 5.97 Å². The van der Waals surface area contributed by atoms with Crippen LogP contribution >= 0.6 is 0 Å². The van der Waals surface area contributed by atoms with Gasteiger partial charge in [0.25, 0.3) is 0 Å². The maximum absolute atomic E-state index is 11.4. The fourth-order valence-electron chi connectivity index (χ4n) is 9.70. The number of methoxy groups -OCH3 is 1. The first kappa shape index (κ1) is 37.2. The van der Waals surface area contributed by atoms with Crippen molar-refractivity contribution in [3.05, 3.63) is 23.3 Å². The molecule has 254 valence electrons. The molecular formula is C36H62O8. The number of hydrogen-bond acceptors (Lipinski definition) is 8. The summed E-state index contributed by atoms with van der Waals surface area (Å²) in [4.78, 5) is 11.4. The molecule has 0 amide bonds. The van der Waals surface area contributed by atoms with Crippen molar-refractivity contribution in [3.8, 4) is 0 Å². The predicted molar refractivity (Wildman–Crippen MR) is 171 cm³/mol. The number of fused-ring (bicyclic) bond motifs is 4. The summed E-state index contributed by atoms with van der Waals surface area (Å²) in [6.07, 6.45) is 9.18. The van der Waals surface area contributed by atoms with Crippen molar-refractivity contribution in [3.63, 3.8) is 0 Å². The molecule has 0 radical (unpaired) electrons. The van der Waals surface area contributed by atoms with E-state index in [0.717, 1.165) is 44.9 Å². The molecular weight excluding hydrogens is 560 g/mol. The molecule has 4 N–H and O–H groups in total. The van der Waals surface area contributed by atoms with Crippen LogP contribution in [0, 0.1) is 40.4 Å². The maximum atomic E-state index is 11.4. The number of aliphatic hydroxyl groups is 4. The molecule has 0 aromatic rings. The van der Waals surface area contributed by atoms with E-state index in [9.17, 15) is 25.2 Å². The number of ether oxygens (including phenoxy) is 3. The molecule has 0 aromatic heterocycles. The Hall–Kier alpha value is -1.29. The topological polar surface area (TPSA) is 126 Å². The Balaban J connectivity index is 0.00000259. The van der Waals surface area contributed by atoms with E-state index in [1.165, 1.54) is 33.3 Å². The van der Waals surface area contributed by atoms with E-state index >= 15 is 0 Å². The lowest BCUT2D eigenvalue weighted by molar-refractivity contribution is -0.304. The minimum atomic E-state index is -1.86. The summed E-state index contributed by atoms with van der Waals surface area (Å²) >= 11 is 0. The van der Waals surface area contributed by atoms with Crippen molar-refractivity contribution in [1.29, 1.82) is 0 Å². The third-order valence-electron chi connectivity index (χ3n) is 12.0. The molecule has 8 nitrogen and oxygen atoms in total. The third kappa shape index (κ3) is 7.63. The molecule has 0 saturated heterocycles. The van der Waals surface area contributed by atoms with Gasteiger partial charge in [0.1, 0.15) is 6.10 Å². The fourth-order valence-corrected chi connectivity index (χ4v) is 9.70. The lowest BCUT2D eigenvalue weighted by Crippen LogP contribution is -2.51. The largest absolute Gasteiger partial charge is 0.466 e. The summed E-state index contributed by atoms with van der Waals surface area (Å²) in [6.45, 7) is 14.7. The van der Waals surface area contributed by atoms with E-state index in [0.29, 0.717) is 29.1 Å². The van der Waals surface area contributed by atoms with E-state index in [4.69, 9.17) is 14.2 Å². The minimum absolute atomic E-state index is 0.123. The summed E-state index contributed by atoms with van der Waals surface area (Å²) in [5.41, 5.74) is 3.89. The Morgan fingerprint density at radius 2 is 1.75 bits per heavy atom. The average Bonchev–Trinajstić information content (AvgIpc) is 3.36. The van der Waals surface area contributed by atoms with Gasteiger partial charge in [0.2, 0.25) is 12.6 Å². The Bertz CT molecular complexity index is 991. The molecule has 2 fully saturated rings. The van der Waals surface area contributed by atoms with Crippen molar-refractivity contribution >= 4 is 5.97 Å². The first-order chi connectivity index (χ1) is 20.9. The Kier molecular flexibility index (Phi) is 13.5. The van der Waals surface area contributed by atoms with E-state index in [2.05, 4.69) is 27.7 Å². The van der Waals surface area contributed by atoms with Crippen molar-refractivity contribution in [2.45, 2.75) is 144 Å². The Morgan fingerprint density at radius 3 is 2.36 bits per heavy atom. The molecule has 0 aliphatic heterocycles. The van der Waals surface area contributed by atoms with E-state index < -0.39 is 31.4 Å². The third-order valence-corrected chi connectivity index (χ3v) is 12.0. The summed E-state index contributed by atoms with van der Waals surface area (Å²) in [5.74, 6) is 2.33. The molecule has 44 heavy (non-hydrogen) atoms. The second kappa shape index (κ2) is 16.0. The van der Waals surface area contributed by atoms with E-state index in [1.807, 2.05) is 19.9 Å². The number of allylic oxidation sites excluding steroid dienone is 3. The summed E-state index contributed by atoms with van der Waals surface area (Å²) in [6, 6.07) is 0. The van der Waals surface area contributed by atoms with Crippen molar-refractivity contribution in [1.82, 2.24) is 0 Å². The normalized spacial score (nSPS) is 36.1. The highest BCUT2D eigenvalue weighted by Gasteiger charge is 2.57. The molecule has 11 atom stereocenters. The van der Waals surface area contributed by atoms with Gasteiger partial charge in [-0.2, -0.15) is 0 Å². The van der Waals surface area contributed by atoms with Crippen molar-refractivity contribution < 1.29 is 39.4 Å². The highest BCUT2D eigenvalue weighted by Crippen LogP contribution is 2.66. The lowest BCUT2D eigenvalue weighted by Gasteiger charge is -2.57. The van der Waals surface area contributed by atoms with Gasteiger partial charge in [0.05, 0.1) is 25.9 Å². The van der Waals surface area contributed by atoms with Crippen LogP contribution in [0.5, 0.6) is 0 Å². The molecule has 8 heteroatoms. The number of aliphatic hydroxyl groups excluding tert-OH is 3. The zero-order valence-corrected chi connectivity index (χ0v) is 28.6. The molecule has 10 unspecified atom stereocenters. The van der Waals surface area contributed by atoms with Crippen LogP contribution in [0.1, 0.15) is 113 Å². The van der Waals surface area contributed by atoms with Gasteiger partial charge in [-0.1, -0.05) is 58.8 Å². The van der Waals surface area contributed by atoms with Gasteiger partial charge in [0.15, 0.2) is 0 Å². The molecule has 0 bridgehead atoms. The van der Waals surface area contributed by atoms with Gasteiger partial charge in [-0.15, -0.1) is 0 Å². The second-order valence-corrected chi connectivity index (χ2v) is 14.2. The Morgan fingerprint density at radius 1 is 1.05 bits per heavy atom. The monoisotopic (exact) mass is 622 g/mol. The number of rotatable bonds is 12. The molecule has 4 aliphatic carbocycles. The van der Waals surface area contributed by atoms with Gasteiger partial charge < -0.3 is 34.6 Å². The van der Waals surface area contributed by atoms with Gasteiger partial charge in [-0.25, -0.2) is 4.79 Å². The second-order valence-electron chi connectivity index (χ2n) is 14.2. The summed E-state index contributed by atoms with van der Waals surface area (Å²) in [7, 11) is 1.41. The molecule has 0 spiro atoms. The SMILES string of the molecule is CC.COC(=O)/C=C/CC[C@@H](C)C1CCC2C3=C(CCC21C)C1(C)CCC(OC(OC(CO)C(C)O)C(O)O)C(C)C1CC3. The zero-order valence-electron chi connectivity index (χ0n) is 28.6. The van der Waals surface area contributed by atoms with Crippen molar-refractivity contribution in [2.75, 3.05) is 13.7 Å². The predicted octanol–water partition coefficient (Wildman–Crippen LogP) is 5.91. The maximum Gasteiger partial charge on any atom is 0.330 e. The molecule has 4 rings (SSSR count). The smallest absolute Gasteiger partial charge is 0.330 e. The van der Waals surface area contributed by atoms with Crippen LogP contribution in [0.4, 0.5) is 0 Å². The van der Waals surface area contributed by atoms with E-state index in [1.54, 1.807) is 17.2 Å². The van der Waals surface area contributed by atoms with Crippen molar-refractivity contribution in [2.24, 2.45) is 40.4 Å². The van der Waals surface area contributed by atoms with Crippen LogP contribution in [0.2, 0.25) is 0 Å². The number of hydrogen-bond donors (Lipinski definition) is 4. The van der Waals surface area contributed by atoms with Crippen LogP contribution < -0.4 is 0 Å². The van der Waals surface area contributed by atoms with Crippen LogP contribution in [0.15, 0.2) is 23.3 Å². The highest BCUT2D eigenvalue weighted by molar-refractivity contribution is 5.81. The number of carbonyl (C=O) groups is 1. The quantitative estimate of drug-likeness (QED) is 0.0917. The molecule has 2 saturated carbocycles. The lowest BCUT2D eigenvalue weighted by atomic mass is 9.49. The minimum Gasteiger partial charge on any atom is -0.466 e. The van der Waals surface area contributed by atoms with Gasteiger partial charge in [-0.3, -0.25) is 0 Å². The van der Waals surface area contributed by atoms with Crippen LogP contribution in [0.25, 0.3) is 0 Å². The Labute approximate surface area is 266 Å². The number of carbonyl (C=O) groups excluding carboxylic acids is 1. The standard InChI is InChI=1S/C34H56O8.C2H6/c1-20(9-7-8-10-30(37)40-6)24-13-14-26-23-11-12-25-21(2)28(41-32(31(38)39)42-29(19-35)22(3)36)16-18-34(25,5)27(23)15-17-33(24,26)4;1-2/h8,10,20-22,24-26,28-29,31-32,35-36,38-39H,7,9,11-19H2,1-6H3;1-2H3/b10-8+;/t20-,21?,22?,24?,25?,26?,28?,29?,32?,33?,34?;/m1./s1. The van der Waals surface area contributed by atoms with Gasteiger partial charge in [0, 0.05) is 6.08 Å². The van der Waals surface area contributed by atoms with Gasteiger partial charge in [-0.05, 0) is 112 Å². The number of esters is 1.